The molecule has 1 unspecified atom stereocenters. The minimum Gasteiger partial charge on any atom is -0.508 e. The Kier molecular flexibility index (Phi) is 5.26. The molecule has 0 aromatic heterocycles. The zero-order valence-electron chi connectivity index (χ0n) is 18.0. The second-order valence-electron chi connectivity index (χ2n) is 8.26. The van der Waals surface area contributed by atoms with E-state index in [2.05, 4.69) is 0 Å². The molecule has 0 aliphatic carbocycles. The first-order chi connectivity index (χ1) is 16.4. The van der Waals surface area contributed by atoms with Gasteiger partial charge >= 0.3 is 0 Å². The molecule has 6 heteroatoms. The van der Waals surface area contributed by atoms with Crippen LogP contribution in [0.15, 0.2) is 78.9 Å². The Labute approximate surface area is 195 Å². The van der Waals surface area contributed by atoms with Crippen LogP contribution in [0.5, 0.6) is 34.5 Å². The summed E-state index contributed by atoms with van der Waals surface area (Å²) in [4.78, 5) is 0. The third-order valence-corrected chi connectivity index (χ3v) is 5.88. The summed E-state index contributed by atoms with van der Waals surface area (Å²) < 4.78 is 6.30. The SMILES string of the molecule is Oc1ccc(/C=C/c2cc(O)cc3c2[C@@H](c2cc(O)cc(O)c2)C(c2ccc(O)cc2)O3)cc1. The molecule has 5 N–H and O–H groups in total. The van der Waals surface area contributed by atoms with Crippen molar-refractivity contribution < 1.29 is 30.3 Å². The van der Waals surface area contributed by atoms with E-state index in [4.69, 9.17) is 4.74 Å². The molecule has 4 aromatic carbocycles. The average molecular weight is 454 g/mol. The molecule has 1 aliphatic heterocycles. The molecule has 0 saturated carbocycles. The fraction of sp³-hybridized carbons (Fsp3) is 0.0714. The Balaban J connectivity index is 1.67. The van der Waals surface area contributed by atoms with Gasteiger partial charge in [-0.2, -0.15) is 0 Å². The average Bonchev–Trinajstić information content (AvgIpc) is 3.17. The Morgan fingerprint density at radius 1 is 0.559 bits per heavy atom. The van der Waals surface area contributed by atoms with Crippen molar-refractivity contribution in [1.82, 2.24) is 0 Å². The van der Waals surface area contributed by atoms with Gasteiger partial charge in [-0.3, -0.25) is 0 Å². The number of phenolic OH excluding ortho intramolecular Hbond substituents is 5. The topological polar surface area (TPSA) is 110 Å². The highest BCUT2D eigenvalue weighted by Crippen LogP contribution is 2.53. The van der Waals surface area contributed by atoms with Crippen LogP contribution in [0.3, 0.4) is 0 Å². The zero-order chi connectivity index (χ0) is 23.8. The first kappa shape index (κ1) is 21.3. The van der Waals surface area contributed by atoms with Gasteiger partial charge in [0.05, 0.1) is 5.92 Å². The Bertz CT molecular complexity index is 1350. The summed E-state index contributed by atoms with van der Waals surface area (Å²) >= 11 is 0. The van der Waals surface area contributed by atoms with E-state index >= 15 is 0 Å². The third-order valence-electron chi connectivity index (χ3n) is 5.88. The molecule has 170 valence electrons. The van der Waals surface area contributed by atoms with Gasteiger partial charge in [-0.25, -0.2) is 0 Å². The predicted octanol–water partition coefficient (Wildman–Crippen LogP) is 5.65. The number of phenols is 5. The van der Waals surface area contributed by atoms with Gasteiger partial charge in [-0.05, 0) is 64.7 Å². The van der Waals surface area contributed by atoms with E-state index in [1.54, 1.807) is 72.8 Å². The van der Waals surface area contributed by atoms with Crippen molar-refractivity contribution in [2.24, 2.45) is 0 Å². The number of aromatic hydroxyl groups is 5. The van der Waals surface area contributed by atoms with Gasteiger partial charge in [0.1, 0.15) is 40.6 Å². The standard InChI is InChI=1S/C28H22O6/c29-20-7-2-16(3-8-20)1-4-18-11-24(33)15-25-26(18)27(19-12-22(31)14-23(32)13-19)28(34-25)17-5-9-21(30)10-6-17/h1-15,27-33H/b4-1+/t27-,28?/m1/s1. The van der Waals surface area contributed by atoms with Gasteiger partial charge in [0.15, 0.2) is 0 Å². The molecule has 0 bridgehead atoms. The largest absolute Gasteiger partial charge is 0.508 e. The van der Waals surface area contributed by atoms with Crippen LogP contribution in [-0.2, 0) is 0 Å². The molecule has 5 rings (SSSR count). The molecular formula is C28H22O6. The number of ether oxygens (including phenoxy) is 1. The van der Waals surface area contributed by atoms with Crippen molar-refractivity contribution in [2.75, 3.05) is 0 Å². The molecule has 1 aliphatic rings. The maximum absolute atomic E-state index is 10.4. The molecule has 6 nitrogen and oxygen atoms in total. The summed E-state index contributed by atoms with van der Waals surface area (Å²) in [7, 11) is 0. The summed E-state index contributed by atoms with van der Waals surface area (Å²) in [5, 5.41) is 50.0. The van der Waals surface area contributed by atoms with Crippen molar-refractivity contribution in [1.29, 1.82) is 0 Å². The van der Waals surface area contributed by atoms with Crippen LogP contribution >= 0.6 is 0 Å². The fourth-order valence-electron chi connectivity index (χ4n) is 4.39. The molecular weight excluding hydrogens is 432 g/mol. The molecule has 2 atom stereocenters. The lowest BCUT2D eigenvalue weighted by Crippen LogP contribution is -2.11. The van der Waals surface area contributed by atoms with E-state index in [1.165, 1.54) is 6.07 Å². The molecule has 0 amide bonds. The quantitative estimate of drug-likeness (QED) is 0.255. The van der Waals surface area contributed by atoms with Crippen LogP contribution in [0.2, 0.25) is 0 Å². The summed E-state index contributed by atoms with van der Waals surface area (Å²) in [6.07, 6.45) is 3.18. The number of rotatable bonds is 4. The van der Waals surface area contributed by atoms with Crippen LogP contribution in [-0.4, -0.2) is 25.5 Å². The van der Waals surface area contributed by atoms with Gasteiger partial charge in [0.2, 0.25) is 0 Å². The monoisotopic (exact) mass is 454 g/mol. The second kappa shape index (κ2) is 8.41. The Morgan fingerprint density at radius 2 is 1.15 bits per heavy atom. The number of fused-ring (bicyclic) bond motifs is 1. The lowest BCUT2D eigenvalue weighted by molar-refractivity contribution is 0.221. The lowest BCUT2D eigenvalue weighted by Gasteiger charge is -2.21. The summed E-state index contributed by atoms with van der Waals surface area (Å²) in [6, 6.07) is 21.0. The summed E-state index contributed by atoms with van der Waals surface area (Å²) in [6.45, 7) is 0. The van der Waals surface area contributed by atoms with E-state index in [0.29, 0.717) is 16.9 Å². The van der Waals surface area contributed by atoms with Gasteiger partial charge < -0.3 is 30.3 Å². The van der Waals surface area contributed by atoms with Gasteiger partial charge in [0, 0.05) is 17.7 Å². The molecule has 0 radical (unpaired) electrons. The van der Waals surface area contributed by atoms with Gasteiger partial charge in [-0.1, -0.05) is 36.4 Å². The van der Waals surface area contributed by atoms with Gasteiger partial charge in [-0.15, -0.1) is 0 Å². The maximum Gasteiger partial charge on any atom is 0.135 e. The number of hydrogen-bond donors (Lipinski definition) is 5. The van der Waals surface area contributed by atoms with Gasteiger partial charge in [0.25, 0.3) is 0 Å². The fourth-order valence-corrected chi connectivity index (χ4v) is 4.39. The van der Waals surface area contributed by atoms with Crippen LogP contribution in [0.25, 0.3) is 12.2 Å². The molecule has 0 fully saturated rings. The van der Waals surface area contributed by atoms with E-state index in [0.717, 1.165) is 16.7 Å². The number of benzene rings is 4. The molecule has 0 spiro atoms. The van der Waals surface area contributed by atoms with Crippen LogP contribution < -0.4 is 4.74 Å². The summed E-state index contributed by atoms with van der Waals surface area (Å²) in [5.41, 5.74) is 3.78. The Hall–Kier alpha value is -4.58. The minimum absolute atomic E-state index is 0.0352. The predicted molar refractivity (Wildman–Crippen MR) is 128 cm³/mol. The van der Waals surface area contributed by atoms with Crippen LogP contribution in [0, 0.1) is 0 Å². The van der Waals surface area contributed by atoms with E-state index in [1.807, 2.05) is 12.2 Å². The number of hydrogen-bond acceptors (Lipinski definition) is 6. The van der Waals surface area contributed by atoms with Crippen LogP contribution in [0.1, 0.15) is 39.8 Å². The second-order valence-corrected chi connectivity index (χ2v) is 8.26. The highest BCUT2D eigenvalue weighted by atomic mass is 16.5. The molecule has 0 saturated heterocycles. The van der Waals surface area contributed by atoms with Crippen molar-refractivity contribution in [2.45, 2.75) is 12.0 Å². The third kappa shape index (κ3) is 4.09. The highest BCUT2D eigenvalue weighted by molar-refractivity contribution is 5.75. The zero-order valence-corrected chi connectivity index (χ0v) is 18.0. The highest BCUT2D eigenvalue weighted by Gasteiger charge is 2.39. The normalized spacial score (nSPS) is 16.9. The summed E-state index contributed by atoms with van der Waals surface area (Å²) in [5.74, 6) is 0.243. The maximum atomic E-state index is 10.4. The van der Waals surface area contributed by atoms with Crippen molar-refractivity contribution in [3.05, 3.63) is 107 Å². The first-order valence-corrected chi connectivity index (χ1v) is 10.7. The van der Waals surface area contributed by atoms with Crippen molar-refractivity contribution in [3.63, 3.8) is 0 Å². The van der Waals surface area contributed by atoms with E-state index in [9.17, 15) is 25.5 Å². The molecule has 1 heterocycles. The smallest absolute Gasteiger partial charge is 0.135 e. The lowest BCUT2D eigenvalue weighted by atomic mass is 9.82. The van der Waals surface area contributed by atoms with Crippen molar-refractivity contribution >= 4 is 12.2 Å². The molecule has 34 heavy (non-hydrogen) atoms. The molecule has 4 aromatic rings. The van der Waals surface area contributed by atoms with Crippen molar-refractivity contribution in [3.8, 4) is 34.5 Å². The van der Waals surface area contributed by atoms with Crippen LogP contribution in [0.4, 0.5) is 0 Å². The first-order valence-electron chi connectivity index (χ1n) is 10.7. The van der Waals surface area contributed by atoms with E-state index in [-0.39, 0.29) is 28.7 Å². The van der Waals surface area contributed by atoms with E-state index < -0.39 is 12.0 Å². The minimum atomic E-state index is -0.528. The Morgan fingerprint density at radius 3 is 1.79 bits per heavy atom.